The summed E-state index contributed by atoms with van der Waals surface area (Å²) >= 11 is 0. The minimum Gasteiger partial charge on any atom is -0.487 e. The quantitative estimate of drug-likeness (QED) is 0.876. The maximum Gasteiger partial charge on any atom is 0.141 e. The van der Waals surface area contributed by atoms with Crippen LogP contribution in [0.25, 0.3) is 0 Å². The zero-order chi connectivity index (χ0) is 12.8. The van der Waals surface area contributed by atoms with E-state index in [2.05, 4.69) is 4.98 Å². The first-order valence-electron chi connectivity index (χ1n) is 6.13. The van der Waals surface area contributed by atoms with Crippen molar-refractivity contribution in [2.24, 2.45) is 5.73 Å². The van der Waals surface area contributed by atoms with Gasteiger partial charge in [0.25, 0.3) is 0 Å². The molecule has 18 heavy (non-hydrogen) atoms. The summed E-state index contributed by atoms with van der Waals surface area (Å²) in [5.74, 6) is 0.829. The normalized spacial score (nSPS) is 10.3. The summed E-state index contributed by atoms with van der Waals surface area (Å²) in [6.07, 6.45) is 0.742. The third kappa shape index (κ3) is 3.31. The van der Waals surface area contributed by atoms with Crippen LogP contribution in [0.1, 0.15) is 17.0 Å². The van der Waals surface area contributed by atoms with Crippen LogP contribution in [0.5, 0.6) is 5.75 Å². The Morgan fingerprint density at radius 3 is 2.61 bits per heavy atom. The molecule has 94 valence electrons. The summed E-state index contributed by atoms with van der Waals surface area (Å²) < 4.78 is 5.81. The summed E-state index contributed by atoms with van der Waals surface area (Å²) in [5, 5.41) is 0. The molecule has 2 N–H and O–H groups in total. The molecule has 0 saturated carbocycles. The molecule has 2 rings (SSSR count). The van der Waals surface area contributed by atoms with Gasteiger partial charge < -0.3 is 10.5 Å². The highest BCUT2D eigenvalue weighted by atomic mass is 16.5. The predicted molar refractivity (Wildman–Crippen MR) is 72.5 cm³/mol. The van der Waals surface area contributed by atoms with Gasteiger partial charge in [0.05, 0.1) is 5.69 Å². The number of rotatable bonds is 5. The van der Waals surface area contributed by atoms with Crippen LogP contribution in [0.15, 0.2) is 42.5 Å². The van der Waals surface area contributed by atoms with Crippen molar-refractivity contribution in [3.05, 3.63) is 59.4 Å². The lowest BCUT2D eigenvalue weighted by atomic mass is 10.2. The average Bonchev–Trinajstić information content (AvgIpc) is 2.39. The Balaban J connectivity index is 2.09. The van der Waals surface area contributed by atoms with Gasteiger partial charge in [-0.25, -0.2) is 0 Å². The van der Waals surface area contributed by atoms with Gasteiger partial charge in [0, 0.05) is 12.1 Å². The van der Waals surface area contributed by atoms with Gasteiger partial charge in [-0.3, -0.25) is 4.98 Å². The number of ether oxygens (including phenoxy) is 1. The van der Waals surface area contributed by atoms with Gasteiger partial charge in [0.1, 0.15) is 12.4 Å². The molecule has 0 radical (unpaired) electrons. The van der Waals surface area contributed by atoms with Crippen molar-refractivity contribution >= 4 is 0 Å². The highest BCUT2D eigenvalue weighted by molar-refractivity contribution is 5.30. The van der Waals surface area contributed by atoms with Crippen LogP contribution >= 0.6 is 0 Å². The van der Waals surface area contributed by atoms with Gasteiger partial charge in [-0.05, 0) is 31.2 Å². The second-order valence-electron chi connectivity index (χ2n) is 4.21. The Hall–Kier alpha value is -1.87. The lowest BCUT2D eigenvalue weighted by Crippen LogP contribution is -2.08. The van der Waals surface area contributed by atoms with Crippen molar-refractivity contribution in [1.82, 2.24) is 4.98 Å². The molecule has 1 heterocycles. The van der Waals surface area contributed by atoms with Crippen LogP contribution in [0.3, 0.4) is 0 Å². The number of hydrogen-bond acceptors (Lipinski definition) is 3. The van der Waals surface area contributed by atoms with Crippen LogP contribution in [0, 0.1) is 6.92 Å². The zero-order valence-electron chi connectivity index (χ0n) is 10.6. The molecule has 3 nitrogen and oxygen atoms in total. The van der Waals surface area contributed by atoms with E-state index in [4.69, 9.17) is 10.5 Å². The summed E-state index contributed by atoms with van der Waals surface area (Å²) in [4.78, 5) is 4.47. The topological polar surface area (TPSA) is 48.1 Å². The molecule has 2 aromatic rings. The lowest BCUT2D eigenvalue weighted by Gasteiger charge is -2.11. The van der Waals surface area contributed by atoms with E-state index in [9.17, 15) is 0 Å². The van der Waals surface area contributed by atoms with Gasteiger partial charge in [-0.1, -0.05) is 30.3 Å². The molecule has 0 bridgehead atoms. The van der Waals surface area contributed by atoms with Crippen molar-refractivity contribution in [2.45, 2.75) is 20.0 Å². The molecule has 0 spiro atoms. The van der Waals surface area contributed by atoms with E-state index in [1.807, 2.05) is 49.4 Å². The van der Waals surface area contributed by atoms with Gasteiger partial charge in [0.2, 0.25) is 0 Å². The molecule has 3 heteroatoms. The zero-order valence-corrected chi connectivity index (χ0v) is 10.6. The number of nitrogens with two attached hydrogens (primary N) is 1. The standard InChI is InChI=1S/C15H18N2O/c1-12-7-8-15(14(17-12)9-10-16)18-11-13-5-3-2-4-6-13/h2-8H,9-11,16H2,1H3. The van der Waals surface area contributed by atoms with E-state index >= 15 is 0 Å². The number of pyridine rings is 1. The van der Waals surface area contributed by atoms with E-state index in [-0.39, 0.29) is 0 Å². The highest BCUT2D eigenvalue weighted by Gasteiger charge is 2.05. The van der Waals surface area contributed by atoms with Crippen molar-refractivity contribution in [3.8, 4) is 5.75 Å². The maximum atomic E-state index is 5.81. The monoisotopic (exact) mass is 242 g/mol. The van der Waals surface area contributed by atoms with E-state index in [0.29, 0.717) is 13.2 Å². The van der Waals surface area contributed by atoms with E-state index in [1.165, 1.54) is 0 Å². The first-order chi connectivity index (χ1) is 8.79. The summed E-state index contributed by atoms with van der Waals surface area (Å²) in [7, 11) is 0. The molecule has 0 aliphatic rings. The van der Waals surface area contributed by atoms with E-state index < -0.39 is 0 Å². The van der Waals surface area contributed by atoms with Crippen LogP contribution in [-0.2, 0) is 13.0 Å². The molecule has 0 unspecified atom stereocenters. The van der Waals surface area contributed by atoms with Crippen molar-refractivity contribution < 1.29 is 4.74 Å². The Kier molecular flexibility index (Phi) is 4.31. The molecule has 1 aromatic heterocycles. The van der Waals surface area contributed by atoms with Crippen LogP contribution in [-0.4, -0.2) is 11.5 Å². The van der Waals surface area contributed by atoms with Gasteiger partial charge >= 0.3 is 0 Å². The molecule has 0 fully saturated rings. The lowest BCUT2D eigenvalue weighted by molar-refractivity contribution is 0.301. The van der Waals surface area contributed by atoms with Gasteiger partial charge in [-0.15, -0.1) is 0 Å². The molecular formula is C15H18N2O. The third-order valence-electron chi connectivity index (χ3n) is 2.69. The third-order valence-corrected chi connectivity index (χ3v) is 2.69. The Morgan fingerprint density at radius 2 is 1.89 bits per heavy atom. The summed E-state index contributed by atoms with van der Waals surface area (Å²) in [6.45, 7) is 3.11. The minimum atomic E-state index is 0.559. The SMILES string of the molecule is Cc1ccc(OCc2ccccc2)c(CCN)n1. The number of aryl methyl sites for hydroxylation is 1. The fourth-order valence-corrected chi connectivity index (χ4v) is 1.78. The van der Waals surface area contributed by atoms with Crippen molar-refractivity contribution in [2.75, 3.05) is 6.54 Å². The average molecular weight is 242 g/mol. The smallest absolute Gasteiger partial charge is 0.141 e. The first kappa shape index (κ1) is 12.6. The second kappa shape index (κ2) is 6.17. The fourth-order valence-electron chi connectivity index (χ4n) is 1.78. The van der Waals surface area contributed by atoms with E-state index in [0.717, 1.165) is 29.1 Å². The van der Waals surface area contributed by atoms with E-state index in [1.54, 1.807) is 0 Å². The predicted octanol–water partition coefficient (Wildman–Crippen LogP) is 2.47. The Bertz CT molecular complexity index is 497. The molecule has 0 aliphatic heterocycles. The Morgan fingerprint density at radius 1 is 1.11 bits per heavy atom. The summed E-state index contributed by atoms with van der Waals surface area (Å²) in [5.41, 5.74) is 8.67. The molecule has 1 aromatic carbocycles. The molecule has 0 amide bonds. The van der Waals surface area contributed by atoms with Crippen LogP contribution < -0.4 is 10.5 Å². The minimum absolute atomic E-state index is 0.559. The number of hydrogen-bond donors (Lipinski definition) is 1. The highest BCUT2D eigenvalue weighted by Crippen LogP contribution is 2.18. The summed E-state index contributed by atoms with van der Waals surface area (Å²) in [6, 6.07) is 14.0. The molecule has 0 saturated heterocycles. The van der Waals surface area contributed by atoms with Gasteiger partial charge in [0.15, 0.2) is 0 Å². The number of aromatic nitrogens is 1. The molecule has 0 aliphatic carbocycles. The van der Waals surface area contributed by atoms with Crippen LogP contribution in [0.4, 0.5) is 0 Å². The molecular weight excluding hydrogens is 224 g/mol. The first-order valence-corrected chi connectivity index (χ1v) is 6.13. The van der Waals surface area contributed by atoms with Gasteiger partial charge in [-0.2, -0.15) is 0 Å². The van der Waals surface area contributed by atoms with Crippen LogP contribution in [0.2, 0.25) is 0 Å². The number of nitrogens with zero attached hydrogens (tertiary/aromatic N) is 1. The molecule has 0 atom stereocenters. The maximum absolute atomic E-state index is 5.81. The largest absolute Gasteiger partial charge is 0.487 e. The fraction of sp³-hybridized carbons (Fsp3) is 0.267. The Labute approximate surface area is 108 Å². The number of benzene rings is 1. The second-order valence-corrected chi connectivity index (χ2v) is 4.21. The van der Waals surface area contributed by atoms with Crippen molar-refractivity contribution in [1.29, 1.82) is 0 Å². The van der Waals surface area contributed by atoms with Crippen molar-refractivity contribution in [3.63, 3.8) is 0 Å².